The highest BCUT2D eigenvalue weighted by Crippen LogP contribution is 2.38. The summed E-state index contributed by atoms with van der Waals surface area (Å²) in [5.41, 5.74) is 1.03. The Labute approximate surface area is 180 Å². The molecule has 0 spiro atoms. The van der Waals surface area contributed by atoms with Gasteiger partial charge in [-0.3, -0.25) is 14.6 Å². The number of hydrogen-bond acceptors (Lipinski definition) is 6. The van der Waals surface area contributed by atoms with Crippen molar-refractivity contribution in [3.63, 3.8) is 0 Å². The van der Waals surface area contributed by atoms with Gasteiger partial charge in [0.15, 0.2) is 0 Å². The molecule has 1 aromatic heterocycles. The first kappa shape index (κ1) is 21.0. The number of pyridine rings is 1. The number of benzene rings is 1. The average molecular weight is 423 g/mol. The SMILES string of the molecule is COc1ccc(C2C(=C([O-])c3ccncc3)C(=O)C(=O)N2CC[NH+]2CCOCC2)cc1. The van der Waals surface area contributed by atoms with Crippen LogP contribution in [0.15, 0.2) is 54.4 Å². The molecule has 1 unspecified atom stereocenters. The summed E-state index contributed by atoms with van der Waals surface area (Å²) in [6.07, 6.45) is 2.99. The first-order valence-corrected chi connectivity index (χ1v) is 10.3. The lowest BCUT2D eigenvalue weighted by molar-refractivity contribution is -0.907. The van der Waals surface area contributed by atoms with Crippen LogP contribution in [0, 0.1) is 0 Å². The average Bonchev–Trinajstić information content (AvgIpc) is 3.08. The highest BCUT2D eigenvalue weighted by molar-refractivity contribution is 6.46. The van der Waals surface area contributed by atoms with Gasteiger partial charge in [0.05, 0.1) is 39.5 Å². The number of morpholine rings is 1. The van der Waals surface area contributed by atoms with E-state index in [2.05, 4.69) is 4.98 Å². The summed E-state index contributed by atoms with van der Waals surface area (Å²) in [6.45, 7) is 4.14. The Hall–Kier alpha value is -3.23. The Kier molecular flexibility index (Phi) is 6.29. The number of amides is 1. The van der Waals surface area contributed by atoms with Crippen LogP contribution in [0.2, 0.25) is 0 Å². The number of likely N-dealkylation sites (tertiary alicyclic amines) is 1. The summed E-state index contributed by atoms with van der Waals surface area (Å²) in [5.74, 6) is -1.15. The van der Waals surface area contributed by atoms with Crippen LogP contribution < -0.4 is 14.7 Å². The van der Waals surface area contributed by atoms with Crippen molar-refractivity contribution in [2.24, 2.45) is 0 Å². The maximum atomic E-state index is 13.3. The predicted molar refractivity (Wildman–Crippen MR) is 110 cm³/mol. The zero-order valence-corrected chi connectivity index (χ0v) is 17.4. The Bertz CT molecular complexity index is 968. The Morgan fingerprint density at radius 1 is 1.16 bits per heavy atom. The molecule has 0 radical (unpaired) electrons. The molecule has 2 fully saturated rings. The van der Waals surface area contributed by atoms with E-state index in [-0.39, 0.29) is 5.57 Å². The van der Waals surface area contributed by atoms with Crippen molar-refractivity contribution in [1.29, 1.82) is 0 Å². The molecule has 3 heterocycles. The summed E-state index contributed by atoms with van der Waals surface area (Å²) in [4.78, 5) is 32.7. The van der Waals surface area contributed by atoms with Crippen molar-refractivity contribution in [3.05, 3.63) is 65.5 Å². The lowest BCUT2D eigenvalue weighted by atomic mass is 9.95. The zero-order chi connectivity index (χ0) is 21.8. The molecule has 8 nitrogen and oxygen atoms in total. The minimum Gasteiger partial charge on any atom is -0.872 e. The van der Waals surface area contributed by atoms with Gasteiger partial charge in [-0.2, -0.15) is 0 Å². The van der Waals surface area contributed by atoms with E-state index in [9.17, 15) is 14.7 Å². The van der Waals surface area contributed by atoms with Crippen molar-refractivity contribution in [1.82, 2.24) is 9.88 Å². The molecule has 2 aliphatic rings. The van der Waals surface area contributed by atoms with E-state index in [4.69, 9.17) is 9.47 Å². The molecule has 2 saturated heterocycles. The smallest absolute Gasteiger partial charge is 0.295 e. The quantitative estimate of drug-likeness (QED) is 0.372. The molecule has 2 aliphatic heterocycles. The highest BCUT2D eigenvalue weighted by Gasteiger charge is 2.44. The topological polar surface area (TPSA) is 96.2 Å². The van der Waals surface area contributed by atoms with Crippen LogP contribution in [-0.2, 0) is 14.3 Å². The molecule has 1 aromatic carbocycles. The van der Waals surface area contributed by atoms with Crippen molar-refractivity contribution in [2.75, 3.05) is 46.5 Å². The van der Waals surface area contributed by atoms with Crippen molar-refractivity contribution in [2.45, 2.75) is 6.04 Å². The summed E-state index contributed by atoms with van der Waals surface area (Å²) >= 11 is 0. The largest absolute Gasteiger partial charge is 0.872 e. The van der Waals surface area contributed by atoms with E-state index in [1.165, 1.54) is 22.2 Å². The number of hydrogen-bond donors (Lipinski definition) is 1. The second kappa shape index (κ2) is 9.28. The highest BCUT2D eigenvalue weighted by atomic mass is 16.5. The van der Waals surface area contributed by atoms with E-state index in [0.717, 1.165) is 13.1 Å². The van der Waals surface area contributed by atoms with Gasteiger partial charge in [0, 0.05) is 18.0 Å². The molecule has 31 heavy (non-hydrogen) atoms. The van der Waals surface area contributed by atoms with Crippen LogP contribution in [0.25, 0.3) is 5.76 Å². The van der Waals surface area contributed by atoms with Gasteiger partial charge < -0.3 is 24.4 Å². The lowest BCUT2D eigenvalue weighted by Gasteiger charge is -2.30. The Morgan fingerprint density at radius 3 is 2.48 bits per heavy atom. The van der Waals surface area contributed by atoms with Crippen molar-refractivity contribution >= 4 is 17.4 Å². The minimum atomic E-state index is -0.736. The summed E-state index contributed by atoms with van der Waals surface area (Å²) < 4.78 is 10.6. The summed E-state index contributed by atoms with van der Waals surface area (Å²) in [6, 6.07) is 9.50. The van der Waals surface area contributed by atoms with Crippen LogP contribution >= 0.6 is 0 Å². The summed E-state index contributed by atoms with van der Waals surface area (Å²) in [7, 11) is 1.57. The van der Waals surface area contributed by atoms with E-state index < -0.39 is 23.5 Å². The molecular weight excluding hydrogens is 398 g/mol. The number of ether oxygens (including phenoxy) is 2. The molecule has 1 atom stereocenters. The fourth-order valence-electron chi connectivity index (χ4n) is 4.08. The molecule has 0 saturated carbocycles. The number of nitrogens with one attached hydrogen (secondary N) is 1. The van der Waals surface area contributed by atoms with E-state index in [0.29, 0.717) is 43.2 Å². The van der Waals surface area contributed by atoms with Crippen molar-refractivity contribution < 1.29 is 29.1 Å². The van der Waals surface area contributed by atoms with Gasteiger partial charge in [-0.05, 0) is 35.4 Å². The van der Waals surface area contributed by atoms with Gasteiger partial charge in [-0.15, -0.1) is 0 Å². The number of nitrogens with zero attached hydrogens (tertiary/aromatic N) is 2. The molecule has 162 valence electrons. The molecule has 1 N–H and O–H groups in total. The van der Waals surface area contributed by atoms with Gasteiger partial charge >= 0.3 is 0 Å². The third-order valence-corrected chi connectivity index (χ3v) is 5.81. The Balaban J connectivity index is 1.72. The van der Waals surface area contributed by atoms with Gasteiger partial charge in [0.2, 0.25) is 5.78 Å². The maximum Gasteiger partial charge on any atom is 0.295 e. The number of rotatable bonds is 6. The normalized spacial score (nSPS) is 21.5. The molecule has 2 aromatic rings. The maximum absolute atomic E-state index is 13.3. The van der Waals surface area contributed by atoms with Crippen LogP contribution in [0.3, 0.4) is 0 Å². The fourth-order valence-corrected chi connectivity index (χ4v) is 4.08. The number of carbonyl (C=O) groups is 2. The number of quaternary nitrogens is 1. The van der Waals surface area contributed by atoms with Crippen molar-refractivity contribution in [3.8, 4) is 5.75 Å². The monoisotopic (exact) mass is 423 g/mol. The second-order valence-electron chi connectivity index (χ2n) is 7.59. The minimum absolute atomic E-state index is 0.0154. The molecular formula is C23H25N3O5. The van der Waals surface area contributed by atoms with Crippen LogP contribution in [0.4, 0.5) is 0 Å². The van der Waals surface area contributed by atoms with Gasteiger partial charge in [-0.1, -0.05) is 17.9 Å². The van der Waals surface area contributed by atoms with E-state index in [1.54, 1.807) is 43.5 Å². The zero-order valence-electron chi connectivity index (χ0n) is 17.4. The number of Topliss-reactive ketones (excluding diaryl/α,β-unsaturated/α-hetero) is 1. The number of ketones is 1. The van der Waals surface area contributed by atoms with E-state index in [1.807, 2.05) is 0 Å². The standard InChI is InChI=1S/C23H25N3O5/c1-30-18-4-2-16(3-5-18)20-19(21(27)17-6-8-24-9-7-17)22(28)23(29)26(20)11-10-25-12-14-31-15-13-25/h2-9,20,27H,10-15H2,1H3. The third kappa shape index (κ3) is 4.30. The van der Waals surface area contributed by atoms with E-state index >= 15 is 0 Å². The fraction of sp³-hybridized carbons (Fsp3) is 0.348. The van der Waals surface area contributed by atoms with Gasteiger partial charge in [0.25, 0.3) is 5.91 Å². The van der Waals surface area contributed by atoms with Gasteiger partial charge in [0.1, 0.15) is 18.8 Å². The molecule has 1 amide bonds. The molecule has 0 bridgehead atoms. The second-order valence-corrected chi connectivity index (χ2v) is 7.59. The third-order valence-electron chi connectivity index (χ3n) is 5.81. The van der Waals surface area contributed by atoms with Crippen LogP contribution in [0.1, 0.15) is 17.2 Å². The molecule has 0 aliphatic carbocycles. The molecule has 8 heteroatoms. The summed E-state index contributed by atoms with van der Waals surface area (Å²) in [5, 5.41) is 13.3. The van der Waals surface area contributed by atoms with Crippen LogP contribution in [0.5, 0.6) is 5.75 Å². The number of methoxy groups -OCH3 is 1. The number of aromatic nitrogens is 1. The van der Waals surface area contributed by atoms with Crippen LogP contribution in [-0.4, -0.2) is 68.1 Å². The Morgan fingerprint density at radius 2 is 1.84 bits per heavy atom. The predicted octanol–water partition coefficient (Wildman–Crippen LogP) is -0.771. The molecule has 4 rings (SSSR count). The first-order valence-electron chi connectivity index (χ1n) is 10.3. The lowest BCUT2D eigenvalue weighted by Crippen LogP contribution is -3.14. The van der Waals surface area contributed by atoms with Gasteiger partial charge in [-0.25, -0.2) is 0 Å². The first-order chi connectivity index (χ1) is 15.1. The number of carbonyl (C=O) groups excluding carboxylic acids is 2.